The van der Waals surface area contributed by atoms with Gasteiger partial charge in [0.05, 0.1) is 12.2 Å². The predicted molar refractivity (Wildman–Crippen MR) is 138 cm³/mol. The summed E-state index contributed by atoms with van der Waals surface area (Å²) in [5, 5.41) is 13.0. The number of aliphatic carboxylic acids is 1. The van der Waals surface area contributed by atoms with Gasteiger partial charge in [-0.15, -0.1) is 0 Å². The van der Waals surface area contributed by atoms with Gasteiger partial charge in [0.2, 0.25) is 5.91 Å². The number of carboxylic acid groups (broad SMARTS) is 1. The standard InChI is InChI=1S/C28H37N3O4/c1-30(2)22-15-12-21(13-16-22)18-31-25-10-6-7-11-26(25)35-19-24(27(31)32)29-23(28(33)34)17-14-20-8-4-3-5-9-20/h6-7,10-13,15-16,20,23-24,29H,3-5,8-9,14,17-19H2,1-2H3,(H,33,34)/t23-,24-/m0/s1. The van der Waals surface area contributed by atoms with Gasteiger partial charge < -0.3 is 19.6 Å². The fourth-order valence-electron chi connectivity index (χ4n) is 5.12. The summed E-state index contributed by atoms with van der Waals surface area (Å²) in [6, 6.07) is 14.1. The second-order valence-electron chi connectivity index (χ2n) is 9.96. The number of hydrogen-bond acceptors (Lipinski definition) is 5. The molecule has 1 aliphatic carbocycles. The van der Waals surface area contributed by atoms with Crippen LogP contribution in [-0.4, -0.2) is 49.8 Å². The van der Waals surface area contributed by atoms with Crippen LogP contribution < -0.4 is 19.9 Å². The molecular weight excluding hydrogens is 442 g/mol. The highest BCUT2D eigenvalue weighted by atomic mass is 16.5. The van der Waals surface area contributed by atoms with E-state index in [1.54, 1.807) is 4.90 Å². The fraction of sp³-hybridized carbons (Fsp3) is 0.500. The van der Waals surface area contributed by atoms with E-state index in [1.807, 2.05) is 67.5 Å². The van der Waals surface area contributed by atoms with Gasteiger partial charge >= 0.3 is 5.97 Å². The average Bonchev–Trinajstić information content (AvgIpc) is 2.99. The molecule has 2 N–H and O–H groups in total. The Kier molecular flexibility index (Phi) is 8.29. The summed E-state index contributed by atoms with van der Waals surface area (Å²) in [6.07, 6.45) is 7.47. The topological polar surface area (TPSA) is 82.1 Å². The van der Waals surface area contributed by atoms with E-state index in [0.29, 0.717) is 30.3 Å². The van der Waals surface area contributed by atoms with Gasteiger partial charge in [-0.1, -0.05) is 56.4 Å². The molecule has 188 valence electrons. The number of benzene rings is 2. The molecule has 0 unspecified atom stereocenters. The number of nitrogens with one attached hydrogen (secondary N) is 1. The van der Waals surface area contributed by atoms with Gasteiger partial charge in [0.1, 0.15) is 24.4 Å². The summed E-state index contributed by atoms with van der Waals surface area (Å²) < 4.78 is 6.00. The third-order valence-corrected chi connectivity index (χ3v) is 7.21. The number of carboxylic acids is 1. The zero-order chi connectivity index (χ0) is 24.8. The Labute approximate surface area is 208 Å². The highest BCUT2D eigenvalue weighted by molar-refractivity contribution is 5.99. The number of amides is 1. The van der Waals surface area contributed by atoms with Crippen LogP contribution in [-0.2, 0) is 16.1 Å². The lowest BCUT2D eigenvalue weighted by Crippen LogP contribution is -2.53. The maximum absolute atomic E-state index is 13.7. The molecule has 0 aromatic heterocycles. The fourth-order valence-corrected chi connectivity index (χ4v) is 5.12. The van der Waals surface area contributed by atoms with Gasteiger partial charge in [-0.3, -0.25) is 14.9 Å². The van der Waals surface area contributed by atoms with E-state index in [2.05, 4.69) is 5.32 Å². The summed E-state index contributed by atoms with van der Waals surface area (Å²) in [5.74, 6) is 0.125. The van der Waals surface area contributed by atoms with Crippen molar-refractivity contribution < 1.29 is 19.4 Å². The van der Waals surface area contributed by atoms with Gasteiger partial charge in [0.15, 0.2) is 0 Å². The predicted octanol–water partition coefficient (Wildman–Crippen LogP) is 4.45. The van der Waals surface area contributed by atoms with Gasteiger partial charge in [-0.2, -0.15) is 0 Å². The molecule has 0 bridgehead atoms. The zero-order valence-corrected chi connectivity index (χ0v) is 20.8. The van der Waals surface area contributed by atoms with E-state index in [-0.39, 0.29) is 12.5 Å². The van der Waals surface area contributed by atoms with Crippen molar-refractivity contribution in [2.75, 3.05) is 30.5 Å². The van der Waals surface area contributed by atoms with Crippen LogP contribution in [0.1, 0.15) is 50.5 Å². The Morgan fingerprint density at radius 3 is 2.51 bits per heavy atom. The maximum Gasteiger partial charge on any atom is 0.320 e. The molecule has 7 nitrogen and oxygen atoms in total. The van der Waals surface area contributed by atoms with Gasteiger partial charge in [-0.25, -0.2) is 0 Å². The number of para-hydroxylation sites is 2. The van der Waals surface area contributed by atoms with E-state index in [1.165, 1.54) is 32.1 Å². The quantitative estimate of drug-likeness (QED) is 0.553. The number of rotatable bonds is 9. The Hall–Kier alpha value is -3.06. The Balaban J connectivity index is 1.51. The molecule has 35 heavy (non-hydrogen) atoms. The highest BCUT2D eigenvalue weighted by Crippen LogP contribution is 2.33. The number of anilines is 2. The molecular formula is C28H37N3O4. The van der Waals surface area contributed by atoms with E-state index in [0.717, 1.165) is 17.7 Å². The molecule has 2 aliphatic rings. The SMILES string of the molecule is CN(C)c1ccc(CN2C(=O)[C@@H](N[C@@H](CCC3CCCCC3)C(=O)O)COc3ccccc32)cc1. The smallest absolute Gasteiger partial charge is 0.320 e. The van der Waals surface area contributed by atoms with E-state index in [4.69, 9.17) is 4.74 Å². The van der Waals surface area contributed by atoms with E-state index >= 15 is 0 Å². The van der Waals surface area contributed by atoms with Crippen LogP contribution in [0, 0.1) is 5.92 Å². The monoisotopic (exact) mass is 479 g/mol. The van der Waals surface area contributed by atoms with Crippen LogP contribution >= 0.6 is 0 Å². The summed E-state index contributed by atoms with van der Waals surface area (Å²) in [5.41, 5.74) is 2.78. The molecule has 0 saturated heterocycles. The molecule has 1 aliphatic heterocycles. The van der Waals surface area contributed by atoms with Crippen molar-refractivity contribution in [3.63, 3.8) is 0 Å². The molecule has 2 atom stereocenters. The first-order valence-electron chi connectivity index (χ1n) is 12.7. The Bertz CT molecular complexity index is 1000. The van der Waals surface area contributed by atoms with Gasteiger partial charge in [0.25, 0.3) is 0 Å². The molecule has 0 radical (unpaired) electrons. The number of nitrogens with zero attached hydrogens (tertiary/aromatic N) is 2. The van der Waals surface area contributed by atoms with Crippen LogP contribution in [0.4, 0.5) is 11.4 Å². The first-order valence-corrected chi connectivity index (χ1v) is 12.7. The van der Waals surface area contributed by atoms with Crippen molar-refractivity contribution in [3.05, 3.63) is 54.1 Å². The lowest BCUT2D eigenvalue weighted by molar-refractivity contribution is -0.140. The number of ether oxygens (including phenoxy) is 1. The second-order valence-corrected chi connectivity index (χ2v) is 9.96. The van der Waals surface area contributed by atoms with Crippen molar-refractivity contribution in [2.45, 2.75) is 63.6 Å². The summed E-state index contributed by atoms with van der Waals surface area (Å²) in [4.78, 5) is 29.6. The molecule has 0 spiro atoms. The molecule has 1 heterocycles. The minimum absolute atomic E-state index is 0.0964. The van der Waals surface area contributed by atoms with Crippen LogP contribution in [0.5, 0.6) is 5.75 Å². The molecule has 2 aromatic carbocycles. The van der Waals surface area contributed by atoms with Gasteiger partial charge in [0, 0.05) is 19.8 Å². The van der Waals surface area contributed by atoms with Crippen molar-refractivity contribution in [2.24, 2.45) is 5.92 Å². The normalized spacial score (nSPS) is 19.4. The highest BCUT2D eigenvalue weighted by Gasteiger charge is 2.34. The summed E-state index contributed by atoms with van der Waals surface area (Å²) >= 11 is 0. The van der Waals surface area contributed by atoms with Crippen molar-refractivity contribution >= 4 is 23.3 Å². The van der Waals surface area contributed by atoms with E-state index in [9.17, 15) is 14.7 Å². The van der Waals surface area contributed by atoms with Crippen LogP contribution in [0.15, 0.2) is 48.5 Å². The minimum atomic E-state index is -0.916. The third-order valence-electron chi connectivity index (χ3n) is 7.21. The lowest BCUT2D eigenvalue weighted by atomic mass is 9.85. The molecule has 1 fully saturated rings. The number of hydrogen-bond donors (Lipinski definition) is 2. The first-order chi connectivity index (χ1) is 16.9. The average molecular weight is 480 g/mol. The Morgan fingerprint density at radius 1 is 1.11 bits per heavy atom. The molecule has 1 saturated carbocycles. The second kappa shape index (κ2) is 11.6. The zero-order valence-electron chi connectivity index (χ0n) is 20.8. The van der Waals surface area contributed by atoms with E-state index < -0.39 is 18.1 Å². The van der Waals surface area contributed by atoms with Crippen molar-refractivity contribution in [3.8, 4) is 5.75 Å². The van der Waals surface area contributed by atoms with Crippen molar-refractivity contribution in [1.82, 2.24) is 5.32 Å². The summed E-state index contributed by atoms with van der Waals surface area (Å²) in [6.45, 7) is 0.476. The van der Waals surface area contributed by atoms with Crippen LogP contribution in [0.2, 0.25) is 0 Å². The van der Waals surface area contributed by atoms with Crippen molar-refractivity contribution in [1.29, 1.82) is 0 Å². The number of carbonyl (C=O) groups excluding carboxylic acids is 1. The molecule has 1 amide bonds. The number of fused-ring (bicyclic) bond motifs is 1. The molecule has 7 heteroatoms. The van der Waals surface area contributed by atoms with Gasteiger partial charge in [-0.05, 0) is 48.6 Å². The number of carbonyl (C=O) groups is 2. The lowest BCUT2D eigenvalue weighted by Gasteiger charge is -2.28. The Morgan fingerprint density at radius 2 is 1.83 bits per heavy atom. The van der Waals surface area contributed by atoms with Crippen LogP contribution in [0.25, 0.3) is 0 Å². The molecule has 2 aromatic rings. The summed E-state index contributed by atoms with van der Waals surface area (Å²) in [7, 11) is 3.98. The molecule has 4 rings (SSSR count). The third kappa shape index (κ3) is 6.34. The van der Waals surface area contributed by atoms with Crippen LogP contribution in [0.3, 0.4) is 0 Å². The minimum Gasteiger partial charge on any atom is -0.489 e. The largest absolute Gasteiger partial charge is 0.489 e. The first kappa shape index (κ1) is 25.0. The maximum atomic E-state index is 13.7.